The van der Waals surface area contributed by atoms with E-state index in [2.05, 4.69) is 15.6 Å². The largest absolute Gasteiger partial charge is 0.375 e. The van der Waals surface area contributed by atoms with E-state index in [1.165, 1.54) is 0 Å². The number of amides is 2. The summed E-state index contributed by atoms with van der Waals surface area (Å²) in [5, 5.41) is 5.77. The van der Waals surface area contributed by atoms with E-state index in [4.69, 9.17) is 4.74 Å². The molecule has 23 heavy (non-hydrogen) atoms. The molecule has 1 aliphatic heterocycles. The van der Waals surface area contributed by atoms with Crippen molar-refractivity contribution in [3.8, 4) is 0 Å². The lowest BCUT2D eigenvalue weighted by atomic mass is 10.1. The fourth-order valence-electron chi connectivity index (χ4n) is 2.39. The number of nitrogens with one attached hydrogen (secondary N) is 2. The van der Waals surface area contributed by atoms with E-state index in [0.717, 1.165) is 5.69 Å². The highest BCUT2D eigenvalue weighted by atomic mass is 16.5. The van der Waals surface area contributed by atoms with E-state index in [9.17, 15) is 9.59 Å². The fourth-order valence-corrected chi connectivity index (χ4v) is 2.39. The molecule has 2 heterocycles. The molecule has 0 radical (unpaired) electrons. The van der Waals surface area contributed by atoms with Crippen molar-refractivity contribution in [3.05, 3.63) is 30.1 Å². The summed E-state index contributed by atoms with van der Waals surface area (Å²) in [4.78, 5) is 30.0. The second-order valence-corrected chi connectivity index (χ2v) is 5.61. The first-order chi connectivity index (χ1) is 11.1. The highest BCUT2D eigenvalue weighted by Gasteiger charge is 2.28. The van der Waals surface area contributed by atoms with Gasteiger partial charge in [-0.25, -0.2) is 0 Å². The Morgan fingerprint density at radius 3 is 3.00 bits per heavy atom. The van der Waals surface area contributed by atoms with E-state index >= 15 is 0 Å². The number of nitrogens with zero attached hydrogens (tertiary/aromatic N) is 2. The zero-order valence-corrected chi connectivity index (χ0v) is 13.6. The summed E-state index contributed by atoms with van der Waals surface area (Å²) in [6, 6.07) is 5.30. The number of rotatable bonds is 6. The van der Waals surface area contributed by atoms with Crippen molar-refractivity contribution < 1.29 is 14.3 Å². The summed E-state index contributed by atoms with van der Waals surface area (Å²) >= 11 is 0. The Morgan fingerprint density at radius 1 is 1.48 bits per heavy atom. The van der Waals surface area contributed by atoms with Crippen LogP contribution >= 0.6 is 0 Å². The zero-order chi connectivity index (χ0) is 16.7. The Bertz CT molecular complexity index is 523. The second kappa shape index (κ2) is 8.59. The molecule has 1 saturated heterocycles. The lowest BCUT2D eigenvalue weighted by Crippen LogP contribution is -2.56. The third-order valence-electron chi connectivity index (χ3n) is 3.87. The lowest BCUT2D eigenvalue weighted by molar-refractivity contribution is -0.134. The quantitative estimate of drug-likeness (QED) is 0.743. The normalized spacial score (nSPS) is 20.8. The smallest absolute Gasteiger partial charge is 0.241 e. The predicted octanol–water partition coefficient (Wildman–Crippen LogP) is -0.424. The van der Waals surface area contributed by atoms with E-state index in [1.54, 1.807) is 18.1 Å². The number of pyridine rings is 1. The van der Waals surface area contributed by atoms with Crippen LogP contribution in [0.25, 0.3) is 0 Å². The lowest BCUT2D eigenvalue weighted by Gasteiger charge is -2.29. The summed E-state index contributed by atoms with van der Waals surface area (Å²) in [5.41, 5.74) is 0.938. The molecule has 1 fully saturated rings. The molecule has 1 aromatic rings. The topological polar surface area (TPSA) is 83.6 Å². The van der Waals surface area contributed by atoms with Gasteiger partial charge in [0, 0.05) is 38.4 Å². The monoisotopic (exact) mass is 320 g/mol. The van der Waals surface area contributed by atoms with Crippen LogP contribution in [0.1, 0.15) is 12.6 Å². The van der Waals surface area contributed by atoms with E-state index in [-0.39, 0.29) is 24.5 Å². The third-order valence-corrected chi connectivity index (χ3v) is 3.87. The number of hydrogen-bond donors (Lipinski definition) is 2. The van der Waals surface area contributed by atoms with E-state index in [0.29, 0.717) is 26.1 Å². The molecule has 1 aromatic heterocycles. The van der Waals surface area contributed by atoms with Gasteiger partial charge in [0.05, 0.1) is 19.3 Å². The number of ether oxygens (including phenoxy) is 1. The van der Waals surface area contributed by atoms with Crippen LogP contribution in [0.2, 0.25) is 0 Å². The maximum atomic E-state index is 12.1. The Kier molecular flexibility index (Phi) is 6.49. The average molecular weight is 320 g/mol. The standard InChI is InChI=1S/C16H24N4O3/c1-12-15(18-8-10-23-12)16(22)19-11-14(21)20(2)9-6-13-5-3-4-7-17-13/h3-5,7,12,15,18H,6,8-11H2,1-2H3,(H,19,22)/t12-,15+/m1/s1. The van der Waals surface area contributed by atoms with Crippen LogP contribution in [-0.2, 0) is 20.7 Å². The minimum absolute atomic E-state index is 0.0115. The molecular formula is C16H24N4O3. The molecule has 0 unspecified atom stereocenters. The molecule has 0 aromatic carbocycles. The zero-order valence-electron chi connectivity index (χ0n) is 13.6. The fraction of sp³-hybridized carbons (Fsp3) is 0.562. The van der Waals surface area contributed by atoms with E-state index < -0.39 is 6.04 Å². The first-order valence-electron chi connectivity index (χ1n) is 7.84. The van der Waals surface area contributed by atoms with Crippen molar-refractivity contribution >= 4 is 11.8 Å². The van der Waals surface area contributed by atoms with Gasteiger partial charge >= 0.3 is 0 Å². The molecular weight excluding hydrogens is 296 g/mol. The Hall–Kier alpha value is -1.99. The average Bonchev–Trinajstić information content (AvgIpc) is 2.58. The number of hydrogen-bond acceptors (Lipinski definition) is 5. The van der Waals surface area contributed by atoms with Crippen LogP contribution in [0.5, 0.6) is 0 Å². The molecule has 2 N–H and O–H groups in total. The van der Waals surface area contributed by atoms with Crippen LogP contribution in [-0.4, -0.2) is 67.1 Å². The van der Waals surface area contributed by atoms with Gasteiger partial charge in [0.1, 0.15) is 6.04 Å². The summed E-state index contributed by atoms with van der Waals surface area (Å²) in [6.45, 7) is 3.63. The van der Waals surface area contributed by atoms with Crippen molar-refractivity contribution in [2.75, 3.05) is 33.3 Å². The molecule has 7 nitrogen and oxygen atoms in total. The van der Waals surface area contributed by atoms with Crippen LogP contribution in [0.15, 0.2) is 24.4 Å². The number of aromatic nitrogens is 1. The van der Waals surface area contributed by atoms with Crippen molar-refractivity contribution in [3.63, 3.8) is 0 Å². The summed E-state index contributed by atoms with van der Waals surface area (Å²) in [6.07, 6.45) is 2.23. The molecule has 0 aliphatic carbocycles. The van der Waals surface area contributed by atoms with Crippen LogP contribution in [0.4, 0.5) is 0 Å². The predicted molar refractivity (Wildman–Crippen MR) is 85.8 cm³/mol. The molecule has 2 rings (SSSR count). The number of carbonyl (C=O) groups is 2. The van der Waals surface area contributed by atoms with Crippen molar-refractivity contribution in [2.24, 2.45) is 0 Å². The van der Waals surface area contributed by atoms with Gasteiger partial charge in [-0.3, -0.25) is 14.6 Å². The number of carbonyl (C=O) groups excluding carboxylic acids is 2. The van der Waals surface area contributed by atoms with Crippen molar-refractivity contribution in [2.45, 2.75) is 25.5 Å². The van der Waals surface area contributed by atoms with Crippen LogP contribution < -0.4 is 10.6 Å². The van der Waals surface area contributed by atoms with E-state index in [1.807, 2.05) is 25.1 Å². The van der Waals surface area contributed by atoms with Gasteiger partial charge in [0.25, 0.3) is 0 Å². The van der Waals surface area contributed by atoms with Gasteiger partial charge < -0.3 is 20.3 Å². The first-order valence-corrected chi connectivity index (χ1v) is 7.84. The molecule has 0 bridgehead atoms. The second-order valence-electron chi connectivity index (χ2n) is 5.61. The molecule has 1 aliphatic rings. The van der Waals surface area contributed by atoms with Gasteiger partial charge in [0.15, 0.2) is 0 Å². The maximum Gasteiger partial charge on any atom is 0.241 e. The summed E-state index contributed by atoms with van der Waals surface area (Å²) in [7, 11) is 1.72. The molecule has 126 valence electrons. The molecule has 0 spiro atoms. The number of morpholine rings is 1. The van der Waals surface area contributed by atoms with Gasteiger partial charge in [-0.2, -0.15) is 0 Å². The minimum Gasteiger partial charge on any atom is -0.375 e. The summed E-state index contributed by atoms with van der Waals surface area (Å²) < 4.78 is 5.43. The first kappa shape index (κ1) is 17.4. The molecule has 2 amide bonds. The Balaban J connectivity index is 1.72. The van der Waals surface area contributed by atoms with Gasteiger partial charge in [-0.05, 0) is 19.1 Å². The van der Waals surface area contributed by atoms with Crippen LogP contribution in [0, 0.1) is 0 Å². The molecule has 2 atom stereocenters. The Morgan fingerprint density at radius 2 is 2.30 bits per heavy atom. The highest BCUT2D eigenvalue weighted by molar-refractivity contribution is 5.87. The minimum atomic E-state index is -0.407. The SMILES string of the molecule is C[C@H]1OCCN[C@@H]1C(=O)NCC(=O)N(C)CCc1ccccn1. The van der Waals surface area contributed by atoms with Crippen molar-refractivity contribution in [1.29, 1.82) is 0 Å². The van der Waals surface area contributed by atoms with Gasteiger partial charge in [-0.1, -0.05) is 6.07 Å². The van der Waals surface area contributed by atoms with Gasteiger partial charge in [0.2, 0.25) is 11.8 Å². The van der Waals surface area contributed by atoms with Crippen molar-refractivity contribution in [1.82, 2.24) is 20.5 Å². The van der Waals surface area contributed by atoms with Gasteiger partial charge in [-0.15, -0.1) is 0 Å². The highest BCUT2D eigenvalue weighted by Crippen LogP contribution is 2.03. The molecule has 7 heteroatoms. The van der Waals surface area contributed by atoms with Crippen LogP contribution in [0.3, 0.4) is 0 Å². The maximum absolute atomic E-state index is 12.1. The molecule has 0 saturated carbocycles. The Labute approximate surface area is 136 Å². The summed E-state index contributed by atoms with van der Waals surface area (Å²) in [5.74, 6) is -0.331. The third kappa shape index (κ3) is 5.30. The number of likely N-dealkylation sites (N-methyl/N-ethyl adjacent to an activating group) is 1.